The number of hydrogen-bond acceptors (Lipinski definition) is 5. The molecule has 6 nitrogen and oxygen atoms in total. The molecule has 0 saturated heterocycles. The molecule has 0 aliphatic rings. The fourth-order valence-electron chi connectivity index (χ4n) is 3.73. The molecular formula is C28H23N5O. The van der Waals surface area contributed by atoms with Crippen molar-refractivity contribution in [3.05, 3.63) is 112 Å². The Bertz CT molecular complexity index is 1540. The van der Waals surface area contributed by atoms with Gasteiger partial charge in [0, 0.05) is 11.1 Å². The van der Waals surface area contributed by atoms with Gasteiger partial charge in [-0.05, 0) is 31.0 Å². The molecule has 0 atom stereocenters. The lowest BCUT2D eigenvalue weighted by atomic mass is 9.99. The van der Waals surface area contributed by atoms with Crippen LogP contribution in [0.25, 0.3) is 33.4 Å². The number of anilines is 1. The van der Waals surface area contributed by atoms with E-state index in [1.165, 1.54) is 5.56 Å². The Morgan fingerprint density at radius 1 is 0.824 bits per heavy atom. The number of benzene rings is 3. The van der Waals surface area contributed by atoms with Crippen LogP contribution in [0, 0.1) is 13.8 Å². The van der Waals surface area contributed by atoms with E-state index in [-0.39, 0.29) is 11.5 Å². The van der Waals surface area contributed by atoms with Crippen LogP contribution in [-0.4, -0.2) is 21.2 Å². The minimum atomic E-state index is -0.277. The molecular weight excluding hydrogens is 422 g/mol. The number of aromatic nitrogens is 3. The van der Waals surface area contributed by atoms with E-state index in [2.05, 4.69) is 20.5 Å². The maximum atomic E-state index is 13.2. The molecule has 0 amide bonds. The van der Waals surface area contributed by atoms with Gasteiger partial charge < -0.3 is 0 Å². The number of hydrazone groups is 1. The summed E-state index contributed by atoms with van der Waals surface area (Å²) in [6.07, 6.45) is 1.66. The van der Waals surface area contributed by atoms with Gasteiger partial charge >= 0.3 is 0 Å². The van der Waals surface area contributed by atoms with Crippen molar-refractivity contribution >= 4 is 23.2 Å². The molecule has 0 spiro atoms. The monoisotopic (exact) mass is 445 g/mol. The highest BCUT2D eigenvalue weighted by Gasteiger charge is 2.15. The molecule has 3 aromatic carbocycles. The minimum absolute atomic E-state index is 0.230. The van der Waals surface area contributed by atoms with Gasteiger partial charge in [0.2, 0.25) is 5.95 Å². The summed E-state index contributed by atoms with van der Waals surface area (Å²) in [7, 11) is 0. The minimum Gasteiger partial charge on any atom is -0.291 e. The van der Waals surface area contributed by atoms with Crippen molar-refractivity contribution in [3.8, 4) is 22.4 Å². The van der Waals surface area contributed by atoms with Gasteiger partial charge in [-0.25, -0.2) is 10.4 Å². The zero-order valence-electron chi connectivity index (χ0n) is 18.9. The van der Waals surface area contributed by atoms with Crippen molar-refractivity contribution in [2.45, 2.75) is 13.8 Å². The van der Waals surface area contributed by atoms with Crippen LogP contribution in [-0.2, 0) is 0 Å². The first-order chi connectivity index (χ1) is 16.6. The van der Waals surface area contributed by atoms with Crippen LogP contribution >= 0.6 is 0 Å². The van der Waals surface area contributed by atoms with Crippen molar-refractivity contribution < 1.29 is 0 Å². The number of aryl methyl sites for hydroxylation is 2. The molecule has 5 aromatic rings. The average Bonchev–Trinajstić information content (AvgIpc) is 2.85. The topological polar surface area (TPSA) is 83.0 Å². The fraction of sp³-hybridized carbons (Fsp3) is 0.0714. The third-order valence-electron chi connectivity index (χ3n) is 5.57. The Kier molecular flexibility index (Phi) is 5.70. The first-order valence-electron chi connectivity index (χ1n) is 11.0. The standard InChI is InChI=1S/C28H23N5O/c1-18-8-12-21(13-9-18)23-16-24(22-14-10-19(2)11-15-22)30-26-25(23)27(34)32-28(31-26)33-29-17-20-6-4-3-5-7-20/h3-17H,1-2H3,(H2,30,31,32,33,34)/b29-17+. The Morgan fingerprint density at radius 3 is 2.15 bits per heavy atom. The maximum Gasteiger partial charge on any atom is 0.262 e. The van der Waals surface area contributed by atoms with Gasteiger partial charge in [-0.15, -0.1) is 0 Å². The van der Waals surface area contributed by atoms with Gasteiger partial charge in [0.25, 0.3) is 5.56 Å². The lowest BCUT2D eigenvalue weighted by Crippen LogP contribution is -2.13. The molecule has 2 aromatic heterocycles. The van der Waals surface area contributed by atoms with Crippen molar-refractivity contribution in [2.24, 2.45) is 5.10 Å². The Hall–Kier alpha value is -4.58. The fourth-order valence-corrected chi connectivity index (χ4v) is 3.73. The van der Waals surface area contributed by atoms with E-state index in [1.54, 1.807) is 6.21 Å². The maximum absolute atomic E-state index is 13.2. The van der Waals surface area contributed by atoms with Gasteiger partial charge in [-0.1, -0.05) is 90.0 Å². The number of rotatable bonds is 5. The van der Waals surface area contributed by atoms with Crippen molar-refractivity contribution in [2.75, 3.05) is 5.43 Å². The summed E-state index contributed by atoms with van der Waals surface area (Å²) in [6.45, 7) is 4.08. The van der Waals surface area contributed by atoms with Crippen LogP contribution in [0.5, 0.6) is 0 Å². The highest BCUT2D eigenvalue weighted by Crippen LogP contribution is 2.30. The number of aromatic amines is 1. The summed E-state index contributed by atoms with van der Waals surface area (Å²) in [6, 6.07) is 27.9. The normalized spacial score (nSPS) is 11.2. The third-order valence-corrected chi connectivity index (χ3v) is 5.57. The van der Waals surface area contributed by atoms with Gasteiger partial charge in [0.15, 0.2) is 5.65 Å². The molecule has 0 unspecified atom stereocenters. The summed E-state index contributed by atoms with van der Waals surface area (Å²) in [5.41, 5.74) is 9.57. The Morgan fingerprint density at radius 2 is 1.47 bits per heavy atom. The van der Waals surface area contributed by atoms with Gasteiger partial charge in [0.1, 0.15) is 0 Å². The molecule has 34 heavy (non-hydrogen) atoms. The number of H-pyrrole nitrogens is 1. The van der Waals surface area contributed by atoms with Crippen molar-refractivity contribution in [1.29, 1.82) is 0 Å². The molecule has 0 aliphatic carbocycles. The van der Waals surface area contributed by atoms with E-state index in [1.807, 2.05) is 98.8 Å². The zero-order valence-corrected chi connectivity index (χ0v) is 18.9. The summed E-state index contributed by atoms with van der Waals surface area (Å²) >= 11 is 0. The van der Waals surface area contributed by atoms with Crippen molar-refractivity contribution in [1.82, 2.24) is 15.0 Å². The van der Waals surface area contributed by atoms with E-state index >= 15 is 0 Å². The molecule has 0 fully saturated rings. The smallest absolute Gasteiger partial charge is 0.262 e. The Balaban J connectivity index is 1.63. The number of pyridine rings is 1. The SMILES string of the molecule is Cc1ccc(-c2cc(-c3ccc(C)cc3)c3c(=O)[nH]c(N/N=C/c4ccccc4)nc3n2)cc1. The highest BCUT2D eigenvalue weighted by atomic mass is 16.1. The van der Waals surface area contributed by atoms with Crippen LogP contribution in [0.15, 0.2) is 94.8 Å². The predicted molar refractivity (Wildman–Crippen MR) is 138 cm³/mol. The van der Waals surface area contributed by atoms with Crippen molar-refractivity contribution in [3.63, 3.8) is 0 Å². The lowest BCUT2D eigenvalue weighted by molar-refractivity contribution is 1.10. The second-order valence-electron chi connectivity index (χ2n) is 8.18. The zero-order chi connectivity index (χ0) is 23.5. The van der Waals surface area contributed by atoms with E-state index in [9.17, 15) is 4.79 Å². The summed E-state index contributed by atoms with van der Waals surface area (Å²) in [4.78, 5) is 25.3. The first kappa shape index (κ1) is 21.3. The summed E-state index contributed by atoms with van der Waals surface area (Å²) in [5, 5.41) is 4.65. The Labute approximate surface area is 197 Å². The molecule has 0 radical (unpaired) electrons. The number of hydrogen-bond donors (Lipinski definition) is 2. The van der Waals surface area contributed by atoms with Gasteiger partial charge in [0.05, 0.1) is 17.3 Å². The molecule has 5 rings (SSSR count). The van der Waals surface area contributed by atoms with E-state index in [0.717, 1.165) is 33.5 Å². The number of nitrogens with zero attached hydrogens (tertiary/aromatic N) is 3. The molecule has 166 valence electrons. The predicted octanol–water partition coefficient (Wildman–Crippen LogP) is 5.71. The number of fused-ring (bicyclic) bond motifs is 1. The molecule has 0 aliphatic heterocycles. The van der Waals surface area contributed by atoms with E-state index in [0.29, 0.717) is 11.0 Å². The van der Waals surface area contributed by atoms with Crippen LogP contribution in [0.4, 0.5) is 5.95 Å². The highest BCUT2D eigenvalue weighted by molar-refractivity contribution is 5.94. The van der Waals surface area contributed by atoms with E-state index in [4.69, 9.17) is 4.98 Å². The molecule has 0 saturated carbocycles. The van der Waals surface area contributed by atoms with E-state index < -0.39 is 0 Å². The molecule has 6 heteroatoms. The second kappa shape index (κ2) is 9.11. The first-order valence-corrected chi connectivity index (χ1v) is 11.0. The summed E-state index contributed by atoms with van der Waals surface area (Å²) < 4.78 is 0. The largest absolute Gasteiger partial charge is 0.291 e. The lowest BCUT2D eigenvalue weighted by Gasteiger charge is -2.11. The number of nitrogens with one attached hydrogen (secondary N) is 2. The van der Waals surface area contributed by atoms with Gasteiger partial charge in [-0.3, -0.25) is 9.78 Å². The van der Waals surface area contributed by atoms with Crippen LogP contribution in [0.3, 0.4) is 0 Å². The quantitative estimate of drug-likeness (QED) is 0.268. The third kappa shape index (κ3) is 4.47. The van der Waals surface area contributed by atoms with Gasteiger partial charge in [-0.2, -0.15) is 10.1 Å². The molecule has 2 N–H and O–H groups in total. The average molecular weight is 446 g/mol. The molecule has 2 heterocycles. The van der Waals surface area contributed by atoms with Crippen LogP contribution in [0.2, 0.25) is 0 Å². The van der Waals surface area contributed by atoms with Crippen LogP contribution < -0.4 is 11.0 Å². The van der Waals surface area contributed by atoms with Crippen LogP contribution in [0.1, 0.15) is 16.7 Å². The second-order valence-corrected chi connectivity index (χ2v) is 8.18. The molecule has 0 bridgehead atoms. The summed E-state index contributed by atoms with van der Waals surface area (Å²) in [5.74, 6) is 0.230.